The first-order valence-corrected chi connectivity index (χ1v) is 7.09. The lowest BCUT2D eigenvalue weighted by Gasteiger charge is -2.34. The molecule has 1 aromatic rings. The van der Waals surface area contributed by atoms with Crippen molar-refractivity contribution in [2.75, 3.05) is 12.8 Å². The van der Waals surface area contributed by atoms with Gasteiger partial charge in [0.05, 0.1) is 0 Å². The predicted molar refractivity (Wildman–Crippen MR) is 73.3 cm³/mol. The fraction of sp³-hybridized carbons (Fsp3) is 0.538. The third kappa shape index (κ3) is 2.24. The summed E-state index contributed by atoms with van der Waals surface area (Å²) >= 11 is 8.35. The number of benzene rings is 1. The van der Waals surface area contributed by atoms with Crippen molar-refractivity contribution in [2.45, 2.75) is 30.6 Å². The molecule has 2 unspecified atom stereocenters. The van der Waals surface area contributed by atoms with E-state index < -0.39 is 0 Å². The number of thioether (sulfide) groups is 1. The van der Waals surface area contributed by atoms with Crippen molar-refractivity contribution in [2.24, 2.45) is 0 Å². The molecule has 0 bridgehead atoms. The van der Waals surface area contributed by atoms with E-state index in [1.807, 2.05) is 19.2 Å². The van der Waals surface area contributed by atoms with Gasteiger partial charge in [0.1, 0.15) is 0 Å². The van der Waals surface area contributed by atoms with E-state index in [0.717, 1.165) is 5.02 Å². The van der Waals surface area contributed by atoms with Crippen molar-refractivity contribution in [3.63, 3.8) is 0 Å². The van der Waals surface area contributed by atoms with Crippen molar-refractivity contribution >= 4 is 23.4 Å². The van der Waals surface area contributed by atoms with Crippen molar-refractivity contribution in [1.29, 1.82) is 0 Å². The molecule has 1 nitrogen and oxygen atoms in total. The van der Waals surface area contributed by atoms with E-state index in [4.69, 9.17) is 11.6 Å². The van der Waals surface area contributed by atoms with Crippen LogP contribution in [0.1, 0.15) is 31.4 Å². The summed E-state index contributed by atoms with van der Waals surface area (Å²) in [6, 6.07) is 8.50. The van der Waals surface area contributed by atoms with Gasteiger partial charge in [-0.1, -0.05) is 29.8 Å². The Balaban J connectivity index is 2.32. The van der Waals surface area contributed by atoms with E-state index in [1.165, 1.54) is 24.2 Å². The Hall–Kier alpha value is -0.180. The van der Waals surface area contributed by atoms with Gasteiger partial charge in [0.2, 0.25) is 0 Å². The van der Waals surface area contributed by atoms with Gasteiger partial charge in [-0.3, -0.25) is 0 Å². The summed E-state index contributed by atoms with van der Waals surface area (Å²) in [6.07, 6.45) is 2.57. The number of nitrogens with one attached hydrogen (secondary N) is 1. The van der Waals surface area contributed by atoms with Gasteiger partial charge in [-0.2, -0.15) is 11.8 Å². The summed E-state index contributed by atoms with van der Waals surface area (Å²) in [5.74, 6) is 1.26. The highest BCUT2D eigenvalue weighted by molar-refractivity contribution is 8.00. The monoisotopic (exact) mass is 255 g/mol. The SMILES string of the molecule is CNC(c1ccccc1Cl)C1(C)CCCS1. The highest BCUT2D eigenvalue weighted by atomic mass is 35.5. The molecule has 1 N–H and O–H groups in total. The van der Waals surface area contributed by atoms with E-state index in [0.29, 0.717) is 6.04 Å². The largest absolute Gasteiger partial charge is 0.312 e. The molecule has 16 heavy (non-hydrogen) atoms. The molecule has 0 aliphatic carbocycles. The molecule has 1 saturated heterocycles. The lowest BCUT2D eigenvalue weighted by molar-refractivity contribution is 0.441. The van der Waals surface area contributed by atoms with Gasteiger partial charge in [-0.25, -0.2) is 0 Å². The molecule has 2 rings (SSSR count). The Morgan fingerprint density at radius 2 is 2.19 bits per heavy atom. The number of hydrogen-bond acceptors (Lipinski definition) is 2. The highest BCUT2D eigenvalue weighted by Crippen LogP contribution is 2.47. The minimum Gasteiger partial charge on any atom is -0.312 e. The molecule has 0 amide bonds. The Kier molecular flexibility index (Phi) is 3.83. The molecule has 0 radical (unpaired) electrons. The van der Waals surface area contributed by atoms with Gasteiger partial charge in [-0.15, -0.1) is 0 Å². The van der Waals surface area contributed by atoms with E-state index in [-0.39, 0.29) is 4.75 Å². The van der Waals surface area contributed by atoms with Crippen molar-refractivity contribution < 1.29 is 0 Å². The zero-order chi connectivity index (χ0) is 11.6. The van der Waals surface area contributed by atoms with E-state index in [2.05, 4.69) is 36.1 Å². The Morgan fingerprint density at radius 1 is 1.44 bits per heavy atom. The van der Waals surface area contributed by atoms with Crippen LogP contribution < -0.4 is 5.32 Å². The summed E-state index contributed by atoms with van der Waals surface area (Å²) in [6.45, 7) is 2.34. The second-order valence-electron chi connectivity index (χ2n) is 4.51. The molecule has 1 heterocycles. The van der Waals surface area contributed by atoms with Crippen molar-refractivity contribution in [1.82, 2.24) is 5.32 Å². The van der Waals surface area contributed by atoms with Crippen LogP contribution in [0.3, 0.4) is 0 Å². The molecule has 0 aromatic heterocycles. The van der Waals surface area contributed by atoms with Crippen LogP contribution in [0.4, 0.5) is 0 Å². The first-order chi connectivity index (χ1) is 7.67. The Labute approximate surface area is 107 Å². The van der Waals surface area contributed by atoms with Crippen LogP contribution in [0.25, 0.3) is 0 Å². The molecule has 1 aromatic carbocycles. The van der Waals surface area contributed by atoms with Crippen LogP contribution in [0, 0.1) is 0 Å². The molecule has 1 aliphatic heterocycles. The summed E-state index contributed by atoms with van der Waals surface area (Å²) in [7, 11) is 2.03. The summed E-state index contributed by atoms with van der Waals surface area (Å²) in [5, 5.41) is 4.31. The first-order valence-electron chi connectivity index (χ1n) is 5.73. The normalized spacial score (nSPS) is 26.9. The lowest BCUT2D eigenvalue weighted by Crippen LogP contribution is -2.35. The minimum atomic E-state index is 0.278. The maximum atomic E-state index is 6.29. The van der Waals surface area contributed by atoms with E-state index in [9.17, 15) is 0 Å². The van der Waals surface area contributed by atoms with Gasteiger partial charge >= 0.3 is 0 Å². The maximum absolute atomic E-state index is 6.29. The van der Waals surface area contributed by atoms with Crippen LogP contribution in [0.5, 0.6) is 0 Å². The Morgan fingerprint density at radius 3 is 2.75 bits per heavy atom. The molecular formula is C13H18ClNS. The fourth-order valence-electron chi connectivity index (χ4n) is 2.53. The molecule has 1 fully saturated rings. The lowest BCUT2D eigenvalue weighted by atomic mass is 9.90. The van der Waals surface area contributed by atoms with Gasteiger partial charge in [0.25, 0.3) is 0 Å². The standard InChI is InChI=1S/C13H18ClNS/c1-13(8-5-9-16-13)12(15-2)10-6-3-4-7-11(10)14/h3-4,6-7,12,15H,5,8-9H2,1-2H3. The third-order valence-electron chi connectivity index (χ3n) is 3.36. The van der Waals surface area contributed by atoms with Crippen LogP contribution >= 0.6 is 23.4 Å². The van der Waals surface area contributed by atoms with E-state index in [1.54, 1.807) is 0 Å². The quantitative estimate of drug-likeness (QED) is 0.880. The van der Waals surface area contributed by atoms with Gasteiger partial charge < -0.3 is 5.32 Å². The van der Waals surface area contributed by atoms with Crippen LogP contribution in [-0.4, -0.2) is 17.5 Å². The molecule has 2 atom stereocenters. The topological polar surface area (TPSA) is 12.0 Å². The molecule has 0 spiro atoms. The van der Waals surface area contributed by atoms with Crippen LogP contribution in [0.2, 0.25) is 5.02 Å². The second-order valence-corrected chi connectivity index (χ2v) is 6.54. The second kappa shape index (κ2) is 4.99. The fourth-order valence-corrected chi connectivity index (χ4v) is 4.23. The zero-order valence-corrected chi connectivity index (χ0v) is 11.4. The van der Waals surface area contributed by atoms with Crippen molar-refractivity contribution in [3.05, 3.63) is 34.9 Å². The van der Waals surface area contributed by atoms with E-state index >= 15 is 0 Å². The van der Waals surface area contributed by atoms with Gasteiger partial charge in [0.15, 0.2) is 0 Å². The summed E-state index contributed by atoms with van der Waals surface area (Å²) < 4.78 is 0.278. The average molecular weight is 256 g/mol. The van der Waals surface area contributed by atoms with Gasteiger partial charge in [-0.05, 0) is 44.2 Å². The smallest absolute Gasteiger partial charge is 0.0478 e. The van der Waals surface area contributed by atoms with Crippen molar-refractivity contribution in [3.8, 4) is 0 Å². The number of rotatable bonds is 3. The molecule has 0 saturated carbocycles. The summed E-state index contributed by atoms with van der Waals surface area (Å²) in [5.41, 5.74) is 1.23. The maximum Gasteiger partial charge on any atom is 0.0478 e. The van der Waals surface area contributed by atoms with Crippen LogP contribution in [-0.2, 0) is 0 Å². The summed E-state index contributed by atoms with van der Waals surface area (Å²) in [4.78, 5) is 0. The highest BCUT2D eigenvalue weighted by Gasteiger charge is 2.38. The average Bonchev–Trinajstić information content (AvgIpc) is 2.70. The van der Waals surface area contributed by atoms with Gasteiger partial charge in [0, 0.05) is 15.8 Å². The molecule has 3 heteroatoms. The number of halogens is 1. The number of hydrogen-bond donors (Lipinski definition) is 1. The molecular weight excluding hydrogens is 238 g/mol. The Bertz CT molecular complexity index is 361. The molecule has 1 aliphatic rings. The molecule has 88 valence electrons. The zero-order valence-electron chi connectivity index (χ0n) is 9.79. The predicted octanol–water partition coefficient (Wildman–Crippen LogP) is 3.89. The van der Waals surface area contributed by atoms with Crippen LogP contribution in [0.15, 0.2) is 24.3 Å². The first kappa shape index (κ1) is 12.3. The minimum absolute atomic E-state index is 0.278. The third-order valence-corrected chi connectivity index (χ3v) is 5.30.